The van der Waals surface area contributed by atoms with Crippen LogP contribution in [0.4, 0.5) is 4.79 Å². The normalized spacial score (nSPS) is 30.2. The maximum Gasteiger partial charge on any atom is 0.410 e. The highest BCUT2D eigenvalue weighted by Crippen LogP contribution is 2.46. The number of amides is 5. The number of fused-ring (bicyclic) bond motifs is 3. The molecule has 1 saturated heterocycles. The Morgan fingerprint density at radius 1 is 0.981 bits per heavy atom. The highest BCUT2D eigenvalue weighted by Gasteiger charge is 2.62. The van der Waals surface area contributed by atoms with Gasteiger partial charge in [0.15, 0.2) is 0 Å². The van der Waals surface area contributed by atoms with Crippen LogP contribution in [0.3, 0.4) is 0 Å². The van der Waals surface area contributed by atoms with Crippen molar-refractivity contribution in [1.82, 2.24) is 25.2 Å². The molecule has 5 atom stereocenters. The Hall–Kier alpha value is -3.65. The van der Waals surface area contributed by atoms with Gasteiger partial charge in [0.2, 0.25) is 27.7 Å². The van der Waals surface area contributed by atoms with Crippen LogP contribution in [0.5, 0.6) is 0 Å². The molecule has 0 bridgehead atoms. The van der Waals surface area contributed by atoms with Gasteiger partial charge in [0, 0.05) is 36.9 Å². The minimum Gasteiger partial charge on any atom is -0.444 e. The zero-order valence-corrected chi connectivity index (χ0v) is 30.9. The molecule has 13 nitrogen and oxygen atoms in total. The first-order valence-electron chi connectivity index (χ1n) is 18.8. The minimum atomic E-state index is -3.89. The van der Waals surface area contributed by atoms with E-state index >= 15 is 0 Å². The molecular formula is C37H48ClN5O8S. The van der Waals surface area contributed by atoms with Gasteiger partial charge < -0.3 is 20.3 Å². The van der Waals surface area contributed by atoms with Gasteiger partial charge in [0.1, 0.15) is 23.7 Å². The first-order valence-corrected chi connectivity index (χ1v) is 20.7. The molecule has 1 aromatic carbocycles. The number of nitrogens with one attached hydrogen (secondary N) is 3. The van der Waals surface area contributed by atoms with E-state index in [1.165, 1.54) is 9.80 Å². The summed E-state index contributed by atoms with van der Waals surface area (Å²) < 4.78 is 33.7. The number of benzene rings is 1. The zero-order chi connectivity index (χ0) is 36.6. The number of hydrogen-bond acceptors (Lipinski definition) is 8. The summed E-state index contributed by atoms with van der Waals surface area (Å²) >= 11 is 6.16. The summed E-state index contributed by atoms with van der Waals surface area (Å²) in [6, 6.07) is 3.42. The summed E-state index contributed by atoms with van der Waals surface area (Å²) in [6.07, 6.45) is 11.4. The second-order valence-electron chi connectivity index (χ2n) is 15.5. The van der Waals surface area contributed by atoms with Gasteiger partial charge in [-0.15, -0.1) is 0 Å². The first-order chi connectivity index (χ1) is 24.9. The van der Waals surface area contributed by atoms with Crippen molar-refractivity contribution in [3.05, 3.63) is 46.5 Å². The van der Waals surface area contributed by atoms with Crippen molar-refractivity contribution < 1.29 is 37.1 Å². The predicted octanol–water partition coefficient (Wildman–Crippen LogP) is 3.83. The SMILES string of the molecule is O=C(CC1CCCC1)N[C@H]1CCCCC/C=C\[C@@H]2C[C@@]2(C(=O)NS(=O)(=O)C2CC2)NC(=O)[C@@H]2C[C@@H](OC(=O)N3Cc4ccc(Cl)cc4C3)CN2C1=O. The minimum absolute atomic E-state index is 0.0305. The lowest BCUT2D eigenvalue weighted by Gasteiger charge is -2.30. The van der Waals surface area contributed by atoms with Crippen LogP contribution in [-0.2, 0) is 47.0 Å². The number of ether oxygens (including phenoxy) is 1. The third kappa shape index (κ3) is 8.12. The molecule has 0 unspecified atom stereocenters. The fraction of sp³-hybridized carbons (Fsp3) is 0.649. The molecule has 282 valence electrons. The van der Waals surface area contributed by atoms with Crippen LogP contribution in [0.1, 0.15) is 101 Å². The van der Waals surface area contributed by atoms with Gasteiger partial charge in [-0.25, -0.2) is 13.2 Å². The number of allylic oxidation sites excluding steroid dienone is 1. The molecule has 3 heterocycles. The molecule has 4 fully saturated rings. The van der Waals surface area contributed by atoms with Gasteiger partial charge >= 0.3 is 6.09 Å². The highest BCUT2D eigenvalue weighted by atomic mass is 35.5. The van der Waals surface area contributed by atoms with E-state index in [1.54, 1.807) is 6.07 Å². The Bertz CT molecular complexity index is 1740. The summed E-state index contributed by atoms with van der Waals surface area (Å²) in [4.78, 5) is 71.9. The van der Waals surface area contributed by atoms with Crippen molar-refractivity contribution in [2.45, 2.75) is 132 Å². The molecule has 1 aromatic rings. The van der Waals surface area contributed by atoms with Crippen LogP contribution >= 0.6 is 11.6 Å². The maximum atomic E-state index is 14.4. The van der Waals surface area contributed by atoms with E-state index in [0.29, 0.717) is 56.6 Å². The second-order valence-corrected chi connectivity index (χ2v) is 17.9. The number of nitrogens with zero attached hydrogens (tertiary/aromatic N) is 2. The van der Waals surface area contributed by atoms with Crippen molar-refractivity contribution in [2.24, 2.45) is 11.8 Å². The molecule has 0 spiro atoms. The summed E-state index contributed by atoms with van der Waals surface area (Å²) in [5, 5.41) is 5.77. The fourth-order valence-electron chi connectivity index (χ4n) is 8.29. The molecule has 15 heteroatoms. The Balaban J connectivity index is 1.12. The Labute approximate surface area is 309 Å². The standard InChI is InChI=1S/C37H48ClN5O8S/c38-27-13-12-24-20-42(21-25(24)17-27)36(48)51-28-18-31-33(45)40-37(35(47)41-52(49,50)29-14-15-29)19-26(37)10-4-2-1-3-5-11-30(34(46)43(31)22-28)39-32(44)16-23-8-6-7-9-23/h4,10,12-13,17,23,26,28-31H,1-3,5-9,11,14-16,18-22H2,(H,39,44)(H,40,45)(H,41,47)/b10-4-/t26-,28-,30+,31+,37-/m1/s1. The van der Waals surface area contributed by atoms with E-state index in [9.17, 15) is 32.4 Å². The van der Waals surface area contributed by atoms with E-state index in [0.717, 1.165) is 49.7 Å². The van der Waals surface area contributed by atoms with Crippen LogP contribution in [0.2, 0.25) is 5.02 Å². The molecule has 6 aliphatic rings. The monoisotopic (exact) mass is 757 g/mol. The molecule has 7 rings (SSSR count). The predicted molar refractivity (Wildman–Crippen MR) is 191 cm³/mol. The molecule has 0 aromatic heterocycles. The zero-order valence-electron chi connectivity index (χ0n) is 29.3. The first kappa shape index (κ1) is 36.7. The quantitative estimate of drug-likeness (QED) is 0.353. The average molecular weight is 758 g/mol. The van der Waals surface area contributed by atoms with Crippen LogP contribution < -0.4 is 15.4 Å². The lowest BCUT2D eigenvalue weighted by atomic mass is 10.0. The van der Waals surface area contributed by atoms with E-state index in [4.69, 9.17) is 16.3 Å². The molecule has 3 N–H and O–H groups in total. The van der Waals surface area contributed by atoms with Crippen LogP contribution in [0.15, 0.2) is 30.4 Å². The molecule has 0 radical (unpaired) electrons. The maximum absolute atomic E-state index is 14.4. The number of sulfonamides is 1. The number of carbonyl (C=O) groups excluding carboxylic acids is 5. The van der Waals surface area contributed by atoms with Gasteiger partial charge in [0.05, 0.1) is 11.8 Å². The van der Waals surface area contributed by atoms with Crippen molar-refractivity contribution in [3.63, 3.8) is 0 Å². The van der Waals surface area contributed by atoms with Crippen molar-refractivity contribution in [1.29, 1.82) is 0 Å². The Morgan fingerprint density at radius 2 is 1.73 bits per heavy atom. The highest BCUT2D eigenvalue weighted by molar-refractivity contribution is 7.91. The van der Waals surface area contributed by atoms with Crippen molar-refractivity contribution >= 4 is 51.3 Å². The number of hydrogen-bond donors (Lipinski definition) is 3. The summed E-state index contributed by atoms with van der Waals surface area (Å²) in [7, 11) is -3.89. The van der Waals surface area contributed by atoms with E-state index in [1.807, 2.05) is 24.3 Å². The van der Waals surface area contributed by atoms with E-state index in [-0.39, 0.29) is 31.2 Å². The third-order valence-corrected chi connectivity index (χ3v) is 13.6. The van der Waals surface area contributed by atoms with E-state index in [2.05, 4.69) is 15.4 Å². The number of halogens is 1. The smallest absolute Gasteiger partial charge is 0.410 e. The van der Waals surface area contributed by atoms with Gasteiger partial charge in [-0.1, -0.05) is 55.5 Å². The average Bonchev–Trinajstić information content (AvgIpc) is 3.89. The summed E-state index contributed by atoms with van der Waals surface area (Å²) in [5.74, 6) is -2.23. The molecule has 3 aliphatic carbocycles. The van der Waals surface area contributed by atoms with Crippen LogP contribution in [-0.4, -0.2) is 83.5 Å². The Kier molecular flexibility index (Phi) is 10.6. The fourth-order valence-corrected chi connectivity index (χ4v) is 9.85. The molecule has 3 saturated carbocycles. The number of carbonyl (C=O) groups is 5. The third-order valence-electron chi connectivity index (χ3n) is 11.5. The second kappa shape index (κ2) is 15.0. The van der Waals surface area contributed by atoms with Gasteiger partial charge in [-0.2, -0.15) is 0 Å². The topological polar surface area (TPSA) is 171 Å². The van der Waals surface area contributed by atoms with Gasteiger partial charge in [-0.05, 0) is 80.5 Å². The largest absolute Gasteiger partial charge is 0.444 e. The lowest BCUT2D eigenvalue weighted by Crippen LogP contribution is -2.58. The van der Waals surface area contributed by atoms with E-state index < -0.39 is 68.7 Å². The molecular weight excluding hydrogens is 710 g/mol. The lowest BCUT2D eigenvalue weighted by molar-refractivity contribution is -0.142. The summed E-state index contributed by atoms with van der Waals surface area (Å²) in [5.41, 5.74) is 0.359. The van der Waals surface area contributed by atoms with Crippen molar-refractivity contribution in [2.75, 3.05) is 6.54 Å². The van der Waals surface area contributed by atoms with Crippen LogP contribution in [0, 0.1) is 11.8 Å². The molecule has 52 heavy (non-hydrogen) atoms. The van der Waals surface area contributed by atoms with Gasteiger partial charge in [-0.3, -0.25) is 28.8 Å². The van der Waals surface area contributed by atoms with Crippen LogP contribution in [0.25, 0.3) is 0 Å². The molecule has 3 aliphatic heterocycles. The Morgan fingerprint density at radius 3 is 2.50 bits per heavy atom. The van der Waals surface area contributed by atoms with Gasteiger partial charge in [0.25, 0.3) is 5.91 Å². The summed E-state index contributed by atoms with van der Waals surface area (Å²) in [6.45, 7) is 0.554. The van der Waals surface area contributed by atoms with Crippen molar-refractivity contribution in [3.8, 4) is 0 Å². The molecule has 5 amide bonds. The number of rotatable bonds is 7.